The van der Waals surface area contributed by atoms with Crippen LogP contribution < -0.4 is 5.73 Å². The highest BCUT2D eigenvalue weighted by molar-refractivity contribution is 4.78. The van der Waals surface area contributed by atoms with E-state index in [0.29, 0.717) is 6.04 Å². The van der Waals surface area contributed by atoms with E-state index in [1.807, 2.05) is 0 Å². The molecule has 0 aromatic rings. The first-order chi connectivity index (χ1) is 7.24. The Morgan fingerprint density at radius 3 is 2.20 bits per heavy atom. The minimum atomic E-state index is 0.502. The lowest BCUT2D eigenvalue weighted by atomic mass is 9.85. The third kappa shape index (κ3) is 3.46. The Morgan fingerprint density at radius 2 is 1.60 bits per heavy atom. The molecule has 0 amide bonds. The van der Waals surface area contributed by atoms with Crippen molar-refractivity contribution in [2.24, 2.45) is 17.6 Å². The van der Waals surface area contributed by atoms with Gasteiger partial charge in [0.15, 0.2) is 0 Å². The van der Waals surface area contributed by atoms with E-state index in [9.17, 15) is 0 Å². The molecular formula is C13H26N2. The van der Waals surface area contributed by atoms with E-state index in [1.54, 1.807) is 0 Å². The quantitative estimate of drug-likeness (QED) is 0.757. The monoisotopic (exact) mass is 210 g/mol. The highest BCUT2D eigenvalue weighted by Gasteiger charge is 2.22. The van der Waals surface area contributed by atoms with Crippen LogP contribution in [-0.2, 0) is 0 Å². The number of rotatable bonds is 2. The van der Waals surface area contributed by atoms with E-state index in [2.05, 4.69) is 11.8 Å². The molecule has 1 aliphatic carbocycles. The molecule has 1 saturated carbocycles. The van der Waals surface area contributed by atoms with Crippen LogP contribution in [0.1, 0.15) is 45.4 Å². The molecule has 0 aromatic carbocycles. The maximum atomic E-state index is 5.93. The summed E-state index contributed by atoms with van der Waals surface area (Å²) in [5.74, 6) is 1.90. The Labute approximate surface area is 94.2 Å². The van der Waals surface area contributed by atoms with Gasteiger partial charge in [0.25, 0.3) is 0 Å². The first-order valence-electron chi connectivity index (χ1n) is 6.72. The lowest BCUT2D eigenvalue weighted by Crippen LogP contribution is -2.38. The molecule has 0 unspecified atom stereocenters. The predicted octanol–water partition coefficient (Wildman–Crippen LogP) is 2.24. The third-order valence-corrected chi connectivity index (χ3v) is 4.28. The molecule has 1 saturated heterocycles. The highest BCUT2D eigenvalue weighted by Crippen LogP contribution is 2.25. The van der Waals surface area contributed by atoms with Gasteiger partial charge in [0.2, 0.25) is 0 Å². The van der Waals surface area contributed by atoms with Crippen molar-refractivity contribution < 1.29 is 0 Å². The summed E-state index contributed by atoms with van der Waals surface area (Å²) < 4.78 is 0. The molecule has 0 aromatic heterocycles. The lowest BCUT2D eigenvalue weighted by Gasteiger charge is -2.35. The van der Waals surface area contributed by atoms with Crippen molar-refractivity contribution in [2.75, 3.05) is 19.6 Å². The van der Waals surface area contributed by atoms with Crippen LogP contribution in [0, 0.1) is 11.8 Å². The maximum absolute atomic E-state index is 5.93. The first kappa shape index (κ1) is 11.4. The minimum Gasteiger partial charge on any atom is -0.328 e. The van der Waals surface area contributed by atoms with Crippen molar-refractivity contribution in [2.45, 2.75) is 51.5 Å². The van der Waals surface area contributed by atoms with Gasteiger partial charge in [0.05, 0.1) is 0 Å². The second-order valence-electron chi connectivity index (χ2n) is 5.76. The van der Waals surface area contributed by atoms with E-state index in [1.165, 1.54) is 58.2 Å². The highest BCUT2D eigenvalue weighted by atomic mass is 15.1. The lowest BCUT2D eigenvalue weighted by molar-refractivity contribution is 0.148. The molecule has 2 nitrogen and oxygen atoms in total. The second-order valence-corrected chi connectivity index (χ2v) is 5.76. The molecule has 15 heavy (non-hydrogen) atoms. The van der Waals surface area contributed by atoms with Gasteiger partial charge < -0.3 is 10.6 Å². The van der Waals surface area contributed by atoms with Gasteiger partial charge in [-0.3, -0.25) is 0 Å². The van der Waals surface area contributed by atoms with Gasteiger partial charge in [0.1, 0.15) is 0 Å². The van der Waals surface area contributed by atoms with Crippen molar-refractivity contribution >= 4 is 0 Å². The van der Waals surface area contributed by atoms with Gasteiger partial charge in [-0.15, -0.1) is 0 Å². The fraction of sp³-hybridized carbons (Fsp3) is 1.00. The molecule has 1 heterocycles. The van der Waals surface area contributed by atoms with Crippen molar-refractivity contribution in [1.82, 2.24) is 4.90 Å². The number of hydrogen-bond donors (Lipinski definition) is 1. The van der Waals surface area contributed by atoms with Crippen molar-refractivity contribution in [3.05, 3.63) is 0 Å². The average molecular weight is 210 g/mol. The van der Waals surface area contributed by atoms with Gasteiger partial charge in [0, 0.05) is 12.6 Å². The number of nitrogens with two attached hydrogens (primary N) is 1. The second kappa shape index (κ2) is 5.31. The summed E-state index contributed by atoms with van der Waals surface area (Å²) in [6.45, 7) is 6.41. The topological polar surface area (TPSA) is 29.3 Å². The molecule has 2 rings (SSSR count). The van der Waals surface area contributed by atoms with Crippen LogP contribution in [0.4, 0.5) is 0 Å². The Balaban J connectivity index is 1.68. The molecule has 0 spiro atoms. The zero-order chi connectivity index (χ0) is 10.7. The fourth-order valence-corrected chi connectivity index (χ4v) is 2.98. The first-order valence-corrected chi connectivity index (χ1v) is 6.72. The summed E-state index contributed by atoms with van der Waals surface area (Å²) in [7, 11) is 0. The smallest absolute Gasteiger partial charge is 0.00390 e. The Hall–Kier alpha value is -0.0800. The third-order valence-electron chi connectivity index (χ3n) is 4.28. The van der Waals surface area contributed by atoms with Crippen molar-refractivity contribution in [3.8, 4) is 0 Å². The fourth-order valence-electron chi connectivity index (χ4n) is 2.98. The summed E-state index contributed by atoms with van der Waals surface area (Å²) in [4.78, 5) is 2.68. The minimum absolute atomic E-state index is 0.502. The SMILES string of the molecule is CC1CCN(CC2CCC(N)CC2)CC1. The van der Waals surface area contributed by atoms with Crippen LogP contribution >= 0.6 is 0 Å². The number of hydrogen-bond acceptors (Lipinski definition) is 2. The van der Waals surface area contributed by atoms with E-state index in [0.717, 1.165) is 11.8 Å². The Bertz CT molecular complexity index is 157. The summed E-state index contributed by atoms with van der Waals surface area (Å²) >= 11 is 0. The van der Waals surface area contributed by atoms with E-state index in [-0.39, 0.29) is 0 Å². The van der Waals surface area contributed by atoms with Crippen LogP contribution in [0.2, 0.25) is 0 Å². The number of likely N-dealkylation sites (tertiary alicyclic amines) is 1. The zero-order valence-electron chi connectivity index (χ0n) is 10.1. The molecule has 2 N–H and O–H groups in total. The molecule has 1 aliphatic heterocycles. The molecule has 2 aliphatic rings. The van der Waals surface area contributed by atoms with Crippen molar-refractivity contribution in [1.29, 1.82) is 0 Å². The molecule has 2 heteroatoms. The van der Waals surface area contributed by atoms with Gasteiger partial charge >= 0.3 is 0 Å². The van der Waals surface area contributed by atoms with Crippen LogP contribution in [0.3, 0.4) is 0 Å². The summed E-state index contributed by atoms with van der Waals surface area (Å²) in [6, 6.07) is 0.502. The number of piperidine rings is 1. The van der Waals surface area contributed by atoms with Crippen LogP contribution in [0.25, 0.3) is 0 Å². The van der Waals surface area contributed by atoms with Gasteiger partial charge in [-0.2, -0.15) is 0 Å². The largest absolute Gasteiger partial charge is 0.328 e. The predicted molar refractivity (Wildman–Crippen MR) is 64.8 cm³/mol. The summed E-state index contributed by atoms with van der Waals surface area (Å²) in [5.41, 5.74) is 5.93. The van der Waals surface area contributed by atoms with Crippen molar-refractivity contribution in [3.63, 3.8) is 0 Å². The van der Waals surface area contributed by atoms with Crippen LogP contribution in [0.15, 0.2) is 0 Å². The number of nitrogens with zero attached hydrogens (tertiary/aromatic N) is 1. The summed E-state index contributed by atoms with van der Waals surface area (Å²) in [5, 5.41) is 0. The van der Waals surface area contributed by atoms with E-state index >= 15 is 0 Å². The maximum Gasteiger partial charge on any atom is 0.00390 e. The Morgan fingerprint density at radius 1 is 1.00 bits per heavy atom. The molecule has 0 bridgehead atoms. The molecule has 0 radical (unpaired) electrons. The van der Waals surface area contributed by atoms with Gasteiger partial charge in [-0.05, 0) is 63.5 Å². The average Bonchev–Trinajstić information content (AvgIpc) is 2.25. The standard InChI is InChI=1S/C13H26N2/c1-11-6-8-15(9-7-11)10-12-2-4-13(14)5-3-12/h11-13H,2-10,14H2,1H3. The molecule has 0 atom stereocenters. The molecule has 2 fully saturated rings. The van der Waals surface area contributed by atoms with E-state index < -0.39 is 0 Å². The van der Waals surface area contributed by atoms with Gasteiger partial charge in [-0.25, -0.2) is 0 Å². The Kier molecular flexibility index (Phi) is 4.04. The van der Waals surface area contributed by atoms with Crippen LogP contribution in [-0.4, -0.2) is 30.6 Å². The molecule has 88 valence electrons. The van der Waals surface area contributed by atoms with Crippen LogP contribution in [0.5, 0.6) is 0 Å². The normalized spacial score (nSPS) is 35.6. The van der Waals surface area contributed by atoms with E-state index in [4.69, 9.17) is 5.73 Å². The molecular weight excluding hydrogens is 184 g/mol. The zero-order valence-corrected chi connectivity index (χ0v) is 10.1. The summed E-state index contributed by atoms with van der Waals surface area (Å²) in [6.07, 6.45) is 8.07. The van der Waals surface area contributed by atoms with Gasteiger partial charge in [-0.1, -0.05) is 6.92 Å².